The monoisotopic (exact) mass is 422 g/mol. The lowest BCUT2D eigenvalue weighted by atomic mass is 10.1. The molecule has 3 rings (SSSR count). The van der Waals surface area contributed by atoms with Crippen molar-refractivity contribution in [1.29, 1.82) is 0 Å². The molecule has 0 radical (unpaired) electrons. The fraction of sp³-hybridized carbons (Fsp3) is 0.591. The van der Waals surface area contributed by atoms with Crippen molar-refractivity contribution in [2.75, 3.05) is 53.2 Å². The van der Waals surface area contributed by atoms with Gasteiger partial charge in [-0.05, 0) is 38.8 Å². The van der Waals surface area contributed by atoms with Gasteiger partial charge in [-0.25, -0.2) is 0 Å². The molecule has 29 heavy (non-hydrogen) atoms. The van der Waals surface area contributed by atoms with Crippen molar-refractivity contribution in [2.45, 2.75) is 32.8 Å². The molecule has 2 aromatic rings. The van der Waals surface area contributed by atoms with Crippen molar-refractivity contribution in [1.82, 2.24) is 9.88 Å². The van der Waals surface area contributed by atoms with E-state index in [0.717, 1.165) is 68.0 Å². The highest BCUT2D eigenvalue weighted by molar-refractivity contribution is 6.36. The molecule has 0 saturated carbocycles. The lowest BCUT2D eigenvalue weighted by Crippen LogP contribution is -2.38. The minimum Gasteiger partial charge on any atom is -0.491 e. The first-order valence-electron chi connectivity index (χ1n) is 10.3. The Balaban J connectivity index is 1.79. The second-order valence-corrected chi connectivity index (χ2v) is 7.83. The Kier molecular flexibility index (Phi) is 8.36. The van der Waals surface area contributed by atoms with Crippen LogP contribution in [0.1, 0.15) is 26.0 Å². The normalized spacial score (nSPS) is 15.2. The first-order chi connectivity index (χ1) is 14.1. The van der Waals surface area contributed by atoms with Gasteiger partial charge in [-0.2, -0.15) is 0 Å². The van der Waals surface area contributed by atoms with E-state index in [2.05, 4.69) is 4.90 Å². The van der Waals surface area contributed by atoms with Crippen LogP contribution >= 0.6 is 11.6 Å². The predicted molar refractivity (Wildman–Crippen MR) is 115 cm³/mol. The fourth-order valence-corrected chi connectivity index (χ4v) is 3.62. The van der Waals surface area contributed by atoms with Gasteiger partial charge in [-0.15, -0.1) is 0 Å². The number of aromatic nitrogens is 1. The zero-order chi connectivity index (χ0) is 20.6. The number of morpholine rings is 1. The summed E-state index contributed by atoms with van der Waals surface area (Å²) in [4.78, 5) is 7.13. The number of benzene rings is 1. The lowest BCUT2D eigenvalue weighted by molar-refractivity contribution is 0.0322. The molecule has 0 bridgehead atoms. The van der Waals surface area contributed by atoms with Gasteiger partial charge >= 0.3 is 0 Å². The van der Waals surface area contributed by atoms with E-state index in [1.807, 2.05) is 32.0 Å². The van der Waals surface area contributed by atoms with Crippen molar-refractivity contribution >= 4 is 22.5 Å². The summed E-state index contributed by atoms with van der Waals surface area (Å²) in [5.74, 6) is 1.46. The number of aryl methyl sites for hydroxylation is 1. The van der Waals surface area contributed by atoms with Crippen LogP contribution in [0.25, 0.3) is 10.9 Å². The molecule has 7 heteroatoms. The van der Waals surface area contributed by atoms with Gasteiger partial charge in [0.2, 0.25) is 0 Å². The highest BCUT2D eigenvalue weighted by Crippen LogP contribution is 2.37. The molecule has 0 amide bonds. The van der Waals surface area contributed by atoms with Crippen LogP contribution in [0.2, 0.25) is 5.02 Å². The molecule has 0 spiro atoms. The minimum atomic E-state index is 0.0654. The lowest BCUT2D eigenvalue weighted by Gasteiger charge is -2.26. The molecule has 1 aromatic carbocycles. The van der Waals surface area contributed by atoms with E-state index in [1.165, 1.54) is 0 Å². The zero-order valence-electron chi connectivity index (χ0n) is 17.6. The molecular formula is C22H31ClN2O4. The van der Waals surface area contributed by atoms with Crippen LogP contribution in [0.3, 0.4) is 0 Å². The van der Waals surface area contributed by atoms with Crippen LogP contribution in [0.15, 0.2) is 18.2 Å². The number of methoxy groups -OCH3 is 1. The summed E-state index contributed by atoms with van der Waals surface area (Å²) in [5, 5.41) is 1.44. The SMILES string of the molecule is COCCCc1cc(OC(C)C)c2ccc(OCCN3CCOCC3)c(Cl)c2n1. The summed E-state index contributed by atoms with van der Waals surface area (Å²) in [7, 11) is 1.71. The summed E-state index contributed by atoms with van der Waals surface area (Å²) in [6.07, 6.45) is 1.76. The number of pyridine rings is 1. The van der Waals surface area contributed by atoms with Crippen molar-refractivity contribution < 1.29 is 18.9 Å². The first-order valence-corrected chi connectivity index (χ1v) is 10.7. The van der Waals surface area contributed by atoms with Crippen molar-refractivity contribution in [3.63, 3.8) is 0 Å². The van der Waals surface area contributed by atoms with E-state index in [-0.39, 0.29) is 6.10 Å². The molecule has 1 saturated heterocycles. The number of fused-ring (bicyclic) bond motifs is 1. The molecule has 1 aromatic heterocycles. The maximum atomic E-state index is 6.70. The van der Waals surface area contributed by atoms with Gasteiger partial charge in [0, 0.05) is 50.5 Å². The highest BCUT2D eigenvalue weighted by Gasteiger charge is 2.16. The number of hydrogen-bond acceptors (Lipinski definition) is 6. The van der Waals surface area contributed by atoms with Crippen LogP contribution in [-0.4, -0.2) is 69.2 Å². The Morgan fingerprint density at radius 3 is 2.69 bits per heavy atom. The summed E-state index contributed by atoms with van der Waals surface area (Å²) in [5.41, 5.74) is 1.67. The zero-order valence-corrected chi connectivity index (χ0v) is 18.3. The van der Waals surface area contributed by atoms with Crippen molar-refractivity contribution in [2.24, 2.45) is 0 Å². The van der Waals surface area contributed by atoms with Gasteiger partial charge in [0.25, 0.3) is 0 Å². The molecule has 160 valence electrons. The van der Waals surface area contributed by atoms with E-state index in [9.17, 15) is 0 Å². The van der Waals surface area contributed by atoms with E-state index in [1.54, 1.807) is 7.11 Å². The third kappa shape index (κ3) is 6.19. The molecule has 0 atom stereocenters. The standard InChI is InChI=1S/C22H31ClN2O4/c1-16(2)29-20-15-17(5-4-11-26-3)24-22-18(20)6-7-19(21(22)23)28-14-10-25-8-12-27-13-9-25/h6-7,15-16H,4-5,8-14H2,1-3H3. The average molecular weight is 423 g/mol. The maximum Gasteiger partial charge on any atom is 0.140 e. The van der Waals surface area contributed by atoms with E-state index in [4.69, 9.17) is 35.5 Å². The molecule has 0 N–H and O–H groups in total. The fourth-order valence-electron chi connectivity index (χ4n) is 3.36. The summed E-state index contributed by atoms with van der Waals surface area (Å²) in [6, 6.07) is 5.89. The Labute approximate surface area is 178 Å². The number of nitrogens with zero attached hydrogens (tertiary/aromatic N) is 2. The molecule has 0 aliphatic carbocycles. The van der Waals surface area contributed by atoms with Crippen LogP contribution in [0.4, 0.5) is 0 Å². The quantitative estimate of drug-likeness (QED) is 0.540. The van der Waals surface area contributed by atoms with E-state index >= 15 is 0 Å². The summed E-state index contributed by atoms with van der Waals surface area (Å²) < 4.78 is 22.6. The van der Waals surface area contributed by atoms with Gasteiger partial charge in [-0.1, -0.05) is 11.6 Å². The second kappa shape index (κ2) is 11.0. The molecular weight excluding hydrogens is 392 g/mol. The van der Waals surface area contributed by atoms with Crippen molar-refractivity contribution in [3.8, 4) is 11.5 Å². The number of hydrogen-bond donors (Lipinski definition) is 0. The average Bonchev–Trinajstić information content (AvgIpc) is 2.71. The van der Waals surface area contributed by atoms with Gasteiger partial charge in [-0.3, -0.25) is 9.88 Å². The third-order valence-corrected chi connectivity index (χ3v) is 5.18. The number of rotatable bonds is 10. The molecule has 6 nitrogen and oxygen atoms in total. The number of ether oxygens (including phenoxy) is 4. The van der Waals surface area contributed by atoms with Crippen LogP contribution < -0.4 is 9.47 Å². The molecule has 0 unspecified atom stereocenters. The van der Waals surface area contributed by atoms with Crippen LogP contribution in [0.5, 0.6) is 11.5 Å². The van der Waals surface area contributed by atoms with Gasteiger partial charge in [0.1, 0.15) is 23.1 Å². The Bertz CT molecular complexity index is 794. The Hall–Kier alpha value is -1.60. The predicted octanol–water partition coefficient (Wildman–Crippen LogP) is 3.97. The second-order valence-electron chi connectivity index (χ2n) is 7.45. The Morgan fingerprint density at radius 2 is 1.97 bits per heavy atom. The van der Waals surface area contributed by atoms with Gasteiger partial charge < -0.3 is 18.9 Å². The van der Waals surface area contributed by atoms with Crippen LogP contribution in [-0.2, 0) is 15.9 Å². The van der Waals surface area contributed by atoms with Gasteiger partial charge in [0.05, 0.1) is 24.8 Å². The van der Waals surface area contributed by atoms with E-state index in [0.29, 0.717) is 24.0 Å². The number of halogens is 1. The Morgan fingerprint density at radius 1 is 1.17 bits per heavy atom. The first kappa shape index (κ1) is 22.1. The van der Waals surface area contributed by atoms with Gasteiger partial charge in [0.15, 0.2) is 0 Å². The molecule has 1 aliphatic rings. The largest absolute Gasteiger partial charge is 0.491 e. The van der Waals surface area contributed by atoms with Crippen LogP contribution in [0, 0.1) is 0 Å². The topological polar surface area (TPSA) is 53.0 Å². The summed E-state index contributed by atoms with van der Waals surface area (Å²) in [6.45, 7) is 9.60. The smallest absolute Gasteiger partial charge is 0.140 e. The summed E-state index contributed by atoms with van der Waals surface area (Å²) >= 11 is 6.70. The minimum absolute atomic E-state index is 0.0654. The highest BCUT2D eigenvalue weighted by atomic mass is 35.5. The molecule has 1 fully saturated rings. The molecule has 1 aliphatic heterocycles. The van der Waals surface area contributed by atoms with E-state index < -0.39 is 0 Å². The molecule has 2 heterocycles. The third-order valence-electron chi connectivity index (χ3n) is 4.81. The maximum absolute atomic E-state index is 6.70. The van der Waals surface area contributed by atoms with Crippen molar-refractivity contribution in [3.05, 3.63) is 28.9 Å².